The summed E-state index contributed by atoms with van der Waals surface area (Å²) in [6.07, 6.45) is 2.30. The van der Waals surface area contributed by atoms with Crippen molar-refractivity contribution in [1.29, 1.82) is 0 Å². The Labute approximate surface area is 183 Å². The molecule has 10 heteroatoms. The molecule has 8 nitrogen and oxygen atoms in total. The Hall–Kier alpha value is -3.04. The summed E-state index contributed by atoms with van der Waals surface area (Å²) in [6, 6.07) is 6.32. The van der Waals surface area contributed by atoms with E-state index in [0.717, 1.165) is 6.29 Å². The Kier molecular flexibility index (Phi) is 6.15. The van der Waals surface area contributed by atoms with Crippen LogP contribution < -0.4 is 9.64 Å². The van der Waals surface area contributed by atoms with Crippen LogP contribution in [0.3, 0.4) is 0 Å². The molecule has 0 amide bonds. The monoisotopic (exact) mass is 445 g/mol. The molecule has 2 aromatic heterocycles. The van der Waals surface area contributed by atoms with Crippen LogP contribution in [0.1, 0.15) is 23.6 Å². The zero-order chi connectivity index (χ0) is 22.0. The SMILES string of the molecule is CCOc1cc(N2CCN(C(C=O)n3nc(C=O)c4cccnc43)CC2)c(F)cc1Cl. The number of carbonyl (C=O) groups is 2. The third-order valence-electron chi connectivity index (χ3n) is 5.31. The van der Waals surface area contributed by atoms with E-state index in [1.807, 2.05) is 16.7 Å². The molecular weight excluding hydrogens is 425 g/mol. The molecule has 162 valence electrons. The van der Waals surface area contributed by atoms with Crippen LogP contribution in [-0.4, -0.2) is 65.0 Å². The molecule has 0 saturated carbocycles. The number of ether oxygens (including phenoxy) is 1. The Morgan fingerprint density at radius 3 is 2.71 bits per heavy atom. The van der Waals surface area contributed by atoms with Crippen molar-refractivity contribution in [2.24, 2.45) is 0 Å². The molecule has 1 aromatic carbocycles. The summed E-state index contributed by atoms with van der Waals surface area (Å²) in [5, 5.41) is 5.12. The molecule has 0 bridgehead atoms. The van der Waals surface area contributed by atoms with Crippen molar-refractivity contribution in [3.63, 3.8) is 0 Å². The molecule has 31 heavy (non-hydrogen) atoms. The summed E-state index contributed by atoms with van der Waals surface area (Å²) >= 11 is 6.06. The number of pyridine rings is 1. The van der Waals surface area contributed by atoms with Crippen molar-refractivity contribution < 1.29 is 18.7 Å². The largest absolute Gasteiger partial charge is 0.492 e. The summed E-state index contributed by atoms with van der Waals surface area (Å²) in [5.41, 5.74) is 1.11. The van der Waals surface area contributed by atoms with Crippen LogP contribution >= 0.6 is 11.6 Å². The lowest BCUT2D eigenvalue weighted by molar-refractivity contribution is -0.115. The number of piperazine rings is 1. The average Bonchev–Trinajstić information content (AvgIpc) is 3.16. The van der Waals surface area contributed by atoms with Crippen LogP contribution in [0.15, 0.2) is 30.5 Å². The van der Waals surface area contributed by atoms with Crippen molar-refractivity contribution in [3.05, 3.63) is 47.0 Å². The van der Waals surface area contributed by atoms with Gasteiger partial charge in [-0.05, 0) is 25.1 Å². The second-order valence-corrected chi connectivity index (χ2v) is 7.47. The lowest BCUT2D eigenvalue weighted by Crippen LogP contribution is -2.49. The maximum atomic E-state index is 14.6. The van der Waals surface area contributed by atoms with E-state index in [0.29, 0.717) is 61.5 Å². The number of rotatable bonds is 7. The van der Waals surface area contributed by atoms with Gasteiger partial charge in [0.1, 0.15) is 17.3 Å². The number of halogens is 2. The van der Waals surface area contributed by atoms with E-state index in [2.05, 4.69) is 10.1 Å². The van der Waals surface area contributed by atoms with Crippen LogP contribution in [0.25, 0.3) is 11.0 Å². The van der Waals surface area contributed by atoms with Crippen molar-refractivity contribution >= 4 is 40.9 Å². The van der Waals surface area contributed by atoms with Gasteiger partial charge >= 0.3 is 0 Å². The van der Waals surface area contributed by atoms with Gasteiger partial charge in [0.25, 0.3) is 0 Å². The molecule has 1 saturated heterocycles. The highest BCUT2D eigenvalue weighted by atomic mass is 35.5. The van der Waals surface area contributed by atoms with Crippen LogP contribution in [0.5, 0.6) is 5.75 Å². The van der Waals surface area contributed by atoms with E-state index in [-0.39, 0.29) is 10.7 Å². The minimum absolute atomic E-state index is 0.229. The van der Waals surface area contributed by atoms with Crippen molar-refractivity contribution in [1.82, 2.24) is 19.7 Å². The highest BCUT2D eigenvalue weighted by Crippen LogP contribution is 2.33. The third kappa shape index (κ3) is 3.98. The molecule has 0 N–H and O–H groups in total. The van der Waals surface area contributed by atoms with Crippen LogP contribution in [-0.2, 0) is 4.79 Å². The van der Waals surface area contributed by atoms with Gasteiger partial charge in [-0.25, -0.2) is 14.1 Å². The molecular formula is C21H21ClFN5O3. The highest BCUT2D eigenvalue weighted by molar-refractivity contribution is 6.32. The maximum Gasteiger partial charge on any atom is 0.171 e. The minimum atomic E-state index is -0.720. The van der Waals surface area contributed by atoms with E-state index in [1.165, 1.54) is 10.7 Å². The Bertz CT molecular complexity index is 1110. The fraction of sp³-hybridized carbons (Fsp3) is 0.333. The van der Waals surface area contributed by atoms with E-state index in [9.17, 15) is 14.0 Å². The molecule has 3 heterocycles. The summed E-state index contributed by atoms with van der Waals surface area (Å²) in [4.78, 5) is 31.5. The molecule has 1 aliphatic heterocycles. The smallest absolute Gasteiger partial charge is 0.171 e. The number of nitrogens with zero attached hydrogens (tertiary/aromatic N) is 5. The predicted octanol–water partition coefficient (Wildman–Crippen LogP) is 2.95. The number of hydrogen-bond donors (Lipinski definition) is 0. The topological polar surface area (TPSA) is 80.6 Å². The lowest BCUT2D eigenvalue weighted by atomic mass is 10.2. The van der Waals surface area contributed by atoms with Gasteiger partial charge in [-0.1, -0.05) is 11.6 Å². The first-order valence-electron chi connectivity index (χ1n) is 9.92. The third-order valence-corrected chi connectivity index (χ3v) is 5.60. The number of aldehydes is 2. The Balaban J connectivity index is 1.55. The molecule has 3 aromatic rings. The van der Waals surface area contributed by atoms with E-state index in [4.69, 9.17) is 16.3 Å². The first-order valence-corrected chi connectivity index (χ1v) is 10.3. The number of hydrogen-bond acceptors (Lipinski definition) is 7. The van der Waals surface area contributed by atoms with Gasteiger partial charge in [-0.2, -0.15) is 5.10 Å². The van der Waals surface area contributed by atoms with Crippen LogP contribution in [0.4, 0.5) is 10.1 Å². The molecule has 4 rings (SSSR count). The molecule has 0 radical (unpaired) electrons. The zero-order valence-corrected chi connectivity index (χ0v) is 17.6. The van der Waals surface area contributed by atoms with E-state index in [1.54, 1.807) is 24.4 Å². The van der Waals surface area contributed by atoms with Gasteiger partial charge in [0.2, 0.25) is 0 Å². The van der Waals surface area contributed by atoms with Crippen LogP contribution in [0, 0.1) is 5.82 Å². The predicted molar refractivity (Wildman–Crippen MR) is 114 cm³/mol. The number of carbonyl (C=O) groups excluding carboxylic acids is 2. The molecule has 1 aliphatic rings. The van der Waals surface area contributed by atoms with Crippen molar-refractivity contribution in [3.8, 4) is 5.75 Å². The van der Waals surface area contributed by atoms with Gasteiger partial charge in [-0.15, -0.1) is 0 Å². The molecule has 0 aliphatic carbocycles. The summed E-state index contributed by atoms with van der Waals surface area (Å²) in [6.45, 7) is 4.21. The standard InChI is InChI=1S/C21H21ClFN5O3/c1-2-31-19-11-18(16(23)10-15(19)22)26-6-8-27(9-7-26)20(13-30)28-21-14(4-3-5-24-21)17(12-29)25-28/h3-5,10-13,20H,2,6-9H2,1H3. The van der Waals surface area contributed by atoms with Crippen molar-refractivity contribution in [2.45, 2.75) is 13.1 Å². The molecule has 1 fully saturated rings. The fourth-order valence-electron chi connectivity index (χ4n) is 3.82. The Morgan fingerprint density at radius 2 is 2.03 bits per heavy atom. The van der Waals surface area contributed by atoms with Gasteiger partial charge in [0.15, 0.2) is 24.4 Å². The second kappa shape index (κ2) is 8.99. The summed E-state index contributed by atoms with van der Waals surface area (Å²) < 4.78 is 21.5. The first-order chi connectivity index (χ1) is 15.1. The van der Waals surface area contributed by atoms with Crippen LogP contribution in [0.2, 0.25) is 5.02 Å². The fourth-order valence-corrected chi connectivity index (χ4v) is 4.03. The molecule has 1 unspecified atom stereocenters. The summed E-state index contributed by atoms with van der Waals surface area (Å²) in [5.74, 6) is 0.0102. The quantitative estimate of drug-likeness (QED) is 0.517. The Morgan fingerprint density at radius 1 is 1.26 bits per heavy atom. The minimum Gasteiger partial charge on any atom is -0.492 e. The molecule has 0 spiro atoms. The van der Waals surface area contributed by atoms with Gasteiger partial charge < -0.3 is 9.64 Å². The average molecular weight is 446 g/mol. The number of benzene rings is 1. The zero-order valence-electron chi connectivity index (χ0n) is 16.9. The lowest BCUT2D eigenvalue weighted by Gasteiger charge is -2.38. The second-order valence-electron chi connectivity index (χ2n) is 7.06. The normalized spacial score (nSPS) is 15.8. The summed E-state index contributed by atoms with van der Waals surface area (Å²) in [7, 11) is 0. The number of fused-ring (bicyclic) bond motifs is 1. The van der Waals surface area contributed by atoms with E-state index >= 15 is 0 Å². The van der Waals surface area contributed by atoms with Crippen molar-refractivity contribution in [2.75, 3.05) is 37.7 Å². The number of anilines is 1. The first kappa shape index (κ1) is 21.2. The van der Waals surface area contributed by atoms with E-state index < -0.39 is 12.0 Å². The van der Waals surface area contributed by atoms with Gasteiger partial charge in [0, 0.05) is 43.8 Å². The van der Waals surface area contributed by atoms with Gasteiger partial charge in [0.05, 0.1) is 17.3 Å². The molecule has 1 atom stereocenters. The maximum absolute atomic E-state index is 14.6. The van der Waals surface area contributed by atoms with Gasteiger partial charge in [-0.3, -0.25) is 14.5 Å². The number of aromatic nitrogens is 3. The highest BCUT2D eigenvalue weighted by Gasteiger charge is 2.29.